The molecule has 0 heterocycles. The molecule has 190 valence electrons. The normalized spacial score (nSPS) is 15.5. The fraction of sp³-hybridized carbons (Fsp3) is 0.469. The Kier molecular flexibility index (Phi) is 13.4. The van der Waals surface area contributed by atoms with Gasteiger partial charge < -0.3 is 24.8 Å². The second-order valence-corrected chi connectivity index (χ2v) is 14.2. The third kappa shape index (κ3) is 9.91. The average Bonchev–Trinajstić information content (AvgIpc) is 3.17. The molecule has 2 aliphatic rings. The number of hydrogen-bond acceptors (Lipinski definition) is 0. The summed E-state index contributed by atoms with van der Waals surface area (Å²) in [6.45, 7) is 24.3. The first kappa shape index (κ1) is 34.3. The van der Waals surface area contributed by atoms with Crippen LogP contribution in [0, 0.1) is 18.1 Å². The number of hydrogen-bond donors (Lipinski definition) is 0. The second-order valence-electron chi connectivity index (χ2n) is 11.7. The molecule has 1 atom stereocenters. The Morgan fingerprint density at radius 3 is 1.80 bits per heavy atom. The molecule has 0 saturated heterocycles. The Balaban J connectivity index is 0.000000692. The monoisotopic (exact) mass is 586 g/mol. The molecule has 35 heavy (non-hydrogen) atoms. The molecule has 0 aromatic heterocycles. The van der Waals surface area contributed by atoms with Crippen LogP contribution in [0.3, 0.4) is 0 Å². The molecule has 0 bridgehead atoms. The van der Waals surface area contributed by atoms with Crippen LogP contribution in [0.5, 0.6) is 0 Å². The Morgan fingerprint density at radius 1 is 0.886 bits per heavy atom. The number of allylic oxidation sites excluding steroid dienone is 4. The molecular weight excluding hydrogens is 546 g/mol. The topological polar surface area (TPSA) is 0 Å². The first-order chi connectivity index (χ1) is 15.1. The number of fused-ring (bicyclic) bond motifs is 3. The zero-order chi connectivity index (χ0) is 25.1. The molecule has 0 radical (unpaired) electrons. The smallest absolute Gasteiger partial charge is 1.00 e. The summed E-state index contributed by atoms with van der Waals surface area (Å²) in [5, 5.41) is 0. The standard InChI is InChI=1S/C21H25.C8H11.C3H6.2ClH.Zr/c1-20(2,3)16-9-7-14-11-15-8-10-17(21(4,5)6)13-19(15)18(14)12-16;1-6-4-7(2)8(3)5-6;1-3-2;;;/h7,9-10,12-13H,11H2,1-6H3;4,6H,1-3H3;1-2H3;2*1H;/q2*-1;;;;+2/p-2. The molecule has 4 rings (SSSR count). The van der Waals surface area contributed by atoms with Gasteiger partial charge in [0.2, 0.25) is 0 Å². The SMILES string of the molecule is CC(C)(C)c1c[c-]c2c(c1)-c1cc(C(C)(C)C)ccc1C2.CC1=[C-]C(C)C=C1C.C[C](C)=[Zr+2].[Cl-].[Cl-]. The minimum absolute atomic E-state index is 0. The summed E-state index contributed by atoms with van der Waals surface area (Å²) < 4.78 is 1.51. The third-order valence-electron chi connectivity index (χ3n) is 6.06. The fourth-order valence-electron chi connectivity index (χ4n) is 3.98. The summed E-state index contributed by atoms with van der Waals surface area (Å²) in [5.74, 6) is 0.551. The maximum Gasteiger partial charge on any atom is -1.00 e. The maximum atomic E-state index is 3.53. The van der Waals surface area contributed by atoms with E-state index in [0.29, 0.717) is 5.92 Å². The minimum atomic E-state index is 0. The van der Waals surface area contributed by atoms with Gasteiger partial charge in [-0.15, -0.1) is 12.5 Å². The summed E-state index contributed by atoms with van der Waals surface area (Å²) in [7, 11) is 0. The van der Waals surface area contributed by atoms with Crippen molar-refractivity contribution in [3.8, 4) is 11.1 Å². The van der Waals surface area contributed by atoms with Crippen molar-refractivity contribution >= 4 is 3.21 Å². The van der Waals surface area contributed by atoms with Gasteiger partial charge in [0, 0.05) is 0 Å². The zero-order valence-electron chi connectivity index (χ0n) is 23.5. The molecular formula is C32H42Cl2Zr-2. The molecule has 2 aromatic rings. The largest absolute Gasteiger partial charge is 1.00 e. The Labute approximate surface area is 243 Å². The fourth-order valence-corrected chi connectivity index (χ4v) is 3.98. The van der Waals surface area contributed by atoms with Crippen LogP contribution in [0.25, 0.3) is 11.1 Å². The first-order valence-corrected chi connectivity index (χ1v) is 13.3. The number of benzene rings is 2. The average molecular weight is 589 g/mol. The predicted octanol–water partition coefficient (Wildman–Crippen LogP) is 2.74. The van der Waals surface area contributed by atoms with E-state index in [9.17, 15) is 0 Å². The van der Waals surface area contributed by atoms with Crippen molar-refractivity contribution in [2.75, 3.05) is 0 Å². The van der Waals surface area contributed by atoms with Gasteiger partial charge in [0.1, 0.15) is 0 Å². The molecule has 0 aliphatic heterocycles. The van der Waals surface area contributed by atoms with Crippen molar-refractivity contribution in [1.29, 1.82) is 0 Å². The van der Waals surface area contributed by atoms with E-state index in [1.165, 1.54) is 47.7 Å². The van der Waals surface area contributed by atoms with Gasteiger partial charge >= 0.3 is 41.3 Å². The Morgan fingerprint density at radius 2 is 1.40 bits per heavy atom. The quantitative estimate of drug-likeness (QED) is 0.355. The van der Waals surface area contributed by atoms with Crippen LogP contribution >= 0.6 is 0 Å². The van der Waals surface area contributed by atoms with Crippen LogP contribution < -0.4 is 24.8 Å². The van der Waals surface area contributed by atoms with Gasteiger partial charge in [0.25, 0.3) is 0 Å². The summed E-state index contributed by atoms with van der Waals surface area (Å²) in [5.41, 5.74) is 11.5. The van der Waals surface area contributed by atoms with E-state index in [0.717, 1.165) is 6.42 Å². The molecule has 0 nitrogen and oxygen atoms in total. The zero-order valence-corrected chi connectivity index (χ0v) is 27.5. The Bertz CT molecular complexity index is 992. The van der Waals surface area contributed by atoms with Crippen molar-refractivity contribution in [3.63, 3.8) is 0 Å². The van der Waals surface area contributed by atoms with E-state index >= 15 is 0 Å². The van der Waals surface area contributed by atoms with Crippen LogP contribution in [0.4, 0.5) is 0 Å². The van der Waals surface area contributed by atoms with Crippen molar-refractivity contribution in [1.82, 2.24) is 0 Å². The van der Waals surface area contributed by atoms with Gasteiger partial charge in [-0.05, 0) is 17.4 Å². The molecule has 2 aromatic carbocycles. The van der Waals surface area contributed by atoms with Gasteiger partial charge in [-0.1, -0.05) is 96.0 Å². The second kappa shape index (κ2) is 13.7. The first-order valence-electron chi connectivity index (χ1n) is 12.1. The van der Waals surface area contributed by atoms with Crippen LogP contribution in [-0.4, -0.2) is 3.21 Å². The molecule has 2 aliphatic carbocycles. The van der Waals surface area contributed by atoms with E-state index < -0.39 is 0 Å². The van der Waals surface area contributed by atoms with Gasteiger partial charge in [0.05, 0.1) is 0 Å². The Hall–Kier alpha value is -0.747. The number of rotatable bonds is 0. The van der Waals surface area contributed by atoms with Crippen LogP contribution in [-0.2, 0) is 41.5 Å². The maximum absolute atomic E-state index is 3.53. The molecule has 0 saturated carbocycles. The molecule has 0 spiro atoms. The van der Waals surface area contributed by atoms with Crippen molar-refractivity contribution in [3.05, 3.63) is 82.0 Å². The predicted molar refractivity (Wildman–Crippen MR) is 143 cm³/mol. The van der Waals surface area contributed by atoms with E-state index in [2.05, 4.69) is 125 Å². The van der Waals surface area contributed by atoms with Gasteiger partial charge in [-0.2, -0.15) is 35.4 Å². The summed E-state index contributed by atoms with van der Waals surface area (Å²) in [6, 6.07) is 15.1. The molecule has 3 heteroatoms. The summed E-state index contributed by atoms with van der Waals surface area (Å²) >= 11 is 1.55. The van der Waals surface area contributed by atoms with Crippen molar-refractivity contribution in [2.45, 2.75) is 93.4 Å². The van der Waals surface area contributed by atoms with E-state index in [4.69, 9.17) is 0 Å². The summed E-state index contributed by atoms with van der Waals surface area (Å²) in [4.78, 5) is 0. The van der Waals surface area contributed by atoms with E-state index in [-0.39, 0.29) is 35.6 Å². The molecule has 0 fully saturated rings. The summed E-state index contributed by atoms with van der Waals surface area (Å²) in [6.07, 6.45) is 6.55. The van der Waals surface area contributed by atoms with Crippen molar-refractivity contribution in [2.24, 2.45) is 5.92 Å². The van der Waals surface area contributed by atoms with E-state index in [1.807, 2.05) is 0 Å². The van der Waals surface area contributed by atoms with Crippen LogP contribution in [0.15, 0.2) is 47.6 Å². The van der Waals surface area contributed by atoms with Crippen LogP contribution in [0.2, 0.25) is 0 Å². The van der Waals surface area contributed by atoms with E-state index in [1.54, 1.807) is 24.2 Å². The van der Waals surface area contributed by atoms with Gasteiger partial charge in [-0.3, -0.25) is 6.08 Å². The number of halogens is 2. The van der Waals surface area contributed by atoms with Crippen molar-refractivity contribution < 1.29 is 49.0 Å². The van der Waals surface area contributed by atoms with Crippen LogP contribution in [0.1, 0.15) is 98.4 Å². The molecule has 0 N–H and O–H groups in total. The minimum Gasteiger partial charge on any atom is -1.00 e. The van der Waals surface area contributed by atoms with Gasteiger partial charge in [-0.25, -0.2) is 11.1 Å². The molecule has 1 unspecified atom stereocenters. The molecule has 0 amide bonds. The van der Waals surface area contributed by atoms with Gasteiger partial charge in [0.15, 0.2) is 0 Å². The third-order valence-corrected chi connectivity index (χ3v) is 6.06.